The van der Waals surface area contributed by atoms with Gasteiger partial charge >= 0.3 is 0 Å². The van der Waals surface area contributed by atoms with E-state index in [1.807, 2.05) is 0 Å². The lowest BCUT2D eigenvalue weighted by molar-refractivity contribution is -0.119. The Labute approximate surface area is 89.9 Å². The van der Waals surface area contributed by atoms with Crippen LogP contribution in [0.1, 0.15) is 13.3 Å². The van der Waals surface area contributed by atoms with Gasteiger partial charge in [-0.25, -0.2) is 13.1 Å². The van der Waals surface area contributed by atoms with Crippen molar-refractivity contribution in [2.75, 3.05) is 26.2 Å². The van der Waals surface area contributed by atoms with Crippen molar-refractivity contribution in [1.29, 1.82) is 0 Å². The summed E-state index contributed by atoms with van der Waals surface area (Å²) >= 11 is 0. The van der Waals surface area contributed by atoms with E-state index < -0.39 is 15.3 Å². The van der Waals surface area contributed by atoms with Gasteiger partial charge in [0.25, 0.3) is 0 Å². The fraction of sp³-hybridized carbons (Fsp3) is 0.875. The van der Waals surface area contributed by atoms with Crippen molar-refractivity contribution in [1.82, 2.24) is 15.4 Å². The number of carbonyl (C=O) groups excluding carboxylic acids is 1. The Balaban J connectivity index is 2.39. The molecule has 6 nitrogen and oxygen atoms in total. The lowest BCUT2D eigenvalue weighted by Crippen LogP contribution is -2.41. The molecule has 1 atom stereocenters. The normalized spacial score (nSPS) is 21.5. The fourth-order valence-corrected chi connectivity index (χ4v) is 2.77. The van der Waals surface area contributed by atoms with Crippen LogP contribution in [-0.2, 0) is 14.8 Å². The van der Waals surface area contributed by atoms with Crippen molar-refractivity contribution in [3.8, 4) is 0 Å². The fourth-order valence-electron chi connectivity index (χ4n) is 1.44. The molecule has 0 aromatic carbocycles. The van der Waals surface area contributed by atoms with Gasteiger partial charge in [0.1, 0.15) is 0 Å². The van der Waals surface area contributed by atoms with Gasteiger partial charge in [0.05, 0.1) is 11.8 Å². The van der Waals surface area contributed by atoms with E-state index in [0.29, 0.717) is 26.1 Å². The highest BCUT2D eigenvalue weighted by Gasteiger charge is 2.28. The highest BCUT2D eigenvalue weighted by atomic mass is 32.2. The molecule has 1 aliphatic heterocycles. The van der Waals surface area contributed by atoms with Crippen LogP contribution in [0.3, 0.4) is 0 Å². The molecule has 1 saturated heterocycles. The average molecular weight is 235 g/mol. The summed E-state index contributed by atoms with van der Waals surface area (Å²) in [5.41, 5.74) is 0. The predicted molar refractivity (Wildman–Crippen MR) is 56.9 cm³/mol. The zero-order chi connectivity index (χ0) is 11.3. The second kappa shape index (κ2) is 5.43. The van der Waals surface area contributed by atoms with Crippen molar-refractivity contribution in [2.45, 2.75) is 18.6 Å². The summed E-state index contributed by atoms with van der Waals surface area (Å²) in [5.74, 6) is -0.299. The number of hydrogen-bond acceptors (Lipinski definition) is 4. The lowest BCUT2D eigenvalue weighted by Gasteiger charge is -2.11. The second-order valence-corrected chi connectivity index (χ2v) is 5.48. The van der Waals surface area contributed by atoms with Crippen LogP contribution >= 0.6 is 0 Å². The molecule has 0 radical (unpaired) electrons. The molecular formula is C8H17N3O3S. The highest BCUT2D eigenvalue weighted by Crippen LogP contribution is 2.07. The van der Waals surface area contributed by atoms with Crippen LogP contribution in [0.15, 0.2) is 0 Å². The molecule has 88 valence electrons. The number of nitrogens with one attached hydrogen (secondary N) is 3. The Morgan fingerprint density at radius 3 is 2.80 bits per heavy atom. The Hall–Kier alpha value is -0.660. The van der Waals surface area contributed by atoms with Gasteiger partial charge in [-0.1, -0.05) is 0 Å². The van der Waals surface area contributed by atoms with Gasteiger partial charge in [0.2, 0.25) is 15.9 Å². The van der Waals surface area contributed by atoms with Gasteiger partial charge < -0.3 is 10.6 Å². The SMILES string of the molecule is CCNC(=O)CNS(=O)(=O)C1CCNC1. The Bertz CT molecular complexity index is 309. The van der Waals surface area contributed by atoms with E-state index in [1.54, 1.807) is 6.92 Å². The molecule has 0 bridgehead atoms. The first-order chi connectivity index (χ1) is 7.06. The van der Waals surface area contributed by atoms with Gasteiger partial charge in [-0.2, -0.15) is 0 Å². The van der Waals surface area contributed by atoms with Crippen LogP contribution in [0.4, 0.5) is 0 Å². The maximum atomic E-state index is 11.6. The summed E-state index contributed by atoms with van der Waals surface area (Å²) < 4.78 is 25.5. The molecule has 1 amide bonds. The van der Waals surface area contributed by atoms with E-state index in [-0.39, 0.29) is 12.5 Å². The molecule has 0 aliphatic carbocycles. The quantitative estimate of drug-likeness (QED) is 0.536. The zero-order valence-corrected chi connectivity index (χ0v) is 9.56. The molecule has 0 saturated carbocycles. The minimum absolute atomic E-state index is 0.174. The maximum Gasteiger partial charge on any atom is 0.235 e. The summed E-state index contributed by atoms with van der Waals surface area (Å²) in [5, 5.41) is 5.09. The van der Waals surface area contributed by atoms with Crippen molar-refractivity contribution in [3.63, 3.8) is 0 Å². The van der Waals surface area contributed by atoms with Crippen LogP contribution < -0.4 is 15.4 Å². The standard InChI is InChI=1S/C8H17N3O3S/c1-2-10-8(12)6-11-15(13,14)7-3-4-9-5-7/h7,9,11H,2-6H2,1H3,(H,10,12). The van der Waals surface area contributed by atoms with Crippen LogP contribution in [-0.4, -0.2) is 45.8 Å². The monoisotopic (exact) mass is 235 g/mol. The van der Waals surface area contributed by atoms with Crippen molar-refractivity contribution < 1.29 is 13.2 Å². The first-order valence-electron chi connectivity index (χ1n) is 5.02. The zero-order valence-electron chi connectivity index (χ0n) is 8.75. The molecule has 1 rings (SSSR count). The van der Waals surface area contributed by atoms with Gasteiger partial charge in [-0.3, -0.25) is 4.79 Å². The summed E-state index contributed by atoms with van der Waals surface area (Å²) in [6, 6.07) is 0. The minimum Gasteiger partial charge on any atom is -0.355 e. The summed E-state index contributed by atoms with van der Waals surface area (Å²) in [6.07, 6.45) is 0.602. The number of likely N-dealkylation sites (N-methyl/N-ethyl adjacent to an activating group) is 1. The molecule has 1 heterocycles. The third-order valence-corrected chi connectivity index (χ3v) is 4.09. The van der Waals surface area contributed by atoms with Crippen LogP contribution in [0.25, 0.3) is 0 Å². The first-order valence-corrected chi connectivity index (χ1v) is 6.56. The van der Waals surface area contributed by atoms with Crippen molar-refractivity contribution in [3.05, 3.63) is 0 Å². The van der Waals surface area contributed by atoms with Crippen LogP contribution in [0.5, 0.6) is 0 Å². The summed E-state index contributed by atoms with van der Waals surface area (Å²) in [7, 11) is -3.35. The Morgan fingerprint density at radius 1 is 1.53 bits per heavy atom. The van der Waals surface area contributed by atoms with E-state index in [2.05, 4.69) is 15.4 Å². The third kappa shape index (κ3) is 3.77. The molecule has 1 aliphatic rings. The summed E-state index contributed by atoms with van der Waals surface area (Å²) in [4.78, 5) is 11.1. The predicted octanol–water partition coefficient (Wildman–Crippen LogP) is -1.60. The molecule has 0 aromatic rings. The molecular weight excluding hydrogens is 218 g/mol. The topological polar surface area (TPSA) is 87.3 Å². The Kier molecular flexibility index (Phi) is 4.49. The number of amides is 1. The van der Waals surface area contributed by atoms with Crippen LogP contribution in [0.2, 0.25) is 0 Å². The Morgan fingerprint density at radius 2 is 2.27 bits per heavy atom. The largest absolute Gasteiger partial charge is 0.355 e. The first kappa shape index (κ1) is 12.4. The molecule has 0 spiro atoms. The number of rotatable bonds is 5. The second-order valence-electron chi connectivity index (χ2n) is 3.43. The molecule has 0 aromatic heterocycles. The maximum absolute atomic E-state index is 11.6. The van der Waals surface area contributed by atoms with Gasteiger partial charge in [-0.05, 0) is 19.9 Å². The molecule has 15 heavy (non-hydrogen) atoms. The minimum atomic E-state index is -3.35. The van der Waals surface area contributed by atoms with E-state index in [0.717, 1.165) is 0 Å². The van der Waals surface area contributed by atoms with Crippen molar-refractivity contribution >= 4 is 15.9 Å². The van der Waals surface area contributed by atoms with E-state index in [1.165, 1.54) is 0 Å². The third-order valence-electron chi connectivity index (χ3n) is 2.26. The molecule has 1 fully saturated rings. The van der Waals surface area contributed by atoms with Gasteiger partial charge in [0, 0.05) is 13.1 Å². The van der Waals surface area contributed by atoms with Crippen molar-refractivity contribution in [2.24, 2.45) is 0 Å². The van der Waals surface area contributed by atoms with E-state index >= 15 is 0 Å². The molecule has 1 unspecified atom stereocenters. The van der Waals surface area contributed by atoms with E-state index in [9.17, 15) is 13.2 Å². The molecule has 3 N–H and O–H groups in total. The summed E-state index contributed by atoms with van der Waals surface area (Å²) in [6.45, 7) is 3.29. The number of sulfonamides is 1. The number of carbonyl (C=O) groups is 1. The number of hydrogen-bond donors (Lipinski definition) is 3. The van der Waals surface area contributed by atoms with Gasteiger partial charge in [0.15, 0.2) is 0 Å². The lowest BCUT2D eigenvalue weighted by atomic mass is 10.4. The van der Waals surface area contributed by atoms with Gasteiger partial charge in [-0.15, -0.1) is 0 Å². The highest BCUT2D eigenvalue weighted by molar-refractivity contribution is 7.90. The average Bonchev–Trinajstić information content (AvgIpc) is 2.69. The van der Waals surface area contributed by atoms with E-state index in [4.69, 9.17) is 0 Å². The smallest absolute Gasteiger partial charge is 0.235 e. The molecule has 7 heteroatoms. The van der Waals surface area contributed by atoms with Crippen LogP contribution in [0, 0.1) is 0 Å².